The molecule has 0 bridgehead atoms. The Balaban J connectivity index is 1.63. The van der Waals surface area contributed by atoms with Gasteiger partial charge in [0.1, 0.15) is 22.8 Å². The van der Waals surface area contributed by atoms with Crippen molar-refractivity contribution in [2.24, 2.45) is 17.6 Å². The van der Waals surface area contributed by atoms with Crippen molar-refractivity contribution in [1.29, 1.82) is 0 Å². The molecule has 1 saturated carbocycles. The van der Waals surface area contributed by atoms with Gasteiger partial charge in [0, 0.05) is 18.0 Å². The van der Waals surface area contributed by atoms with Crippen LogP contribution >= 0.6 is 0 Å². The molecule has 1 amide bonds. The highest BCUT2D eigenvalue weighted by atomic mass is 16.3. The first kappa shape index (κ1) is 24.5. The zero-order valence-electron chi connectivity index (χ0n) is 20.3. The van der Waals surface area contributed by atoms with Crippen LogP contribution in [0.4, 0.5) is 0 Å². The lowest BCUT2D eigenvalue weighted by Crippen LogP contribution is -2.65. The molecule has 0 spiro atoms. The number of nitrogens with two attached hydrogens (primary N) is 1. The number of hydrogen-bond acceptors (Lipinski definition) is 9. The molecule has 1 aromatic carbocycles. The van der Waals surface area contributed by atoms with Gasteiger partial charge in [-0.25, -0.2) is 0 Å². The van der Waals surface area contributed by atoms with E-state index in [1.165, 1.54) is 4.90 Å². The van der Waals surface area contributed by atoms with E-state index in [9.17, 15) is 34.8 Å². The van der Waals surface area contributed by atoms with Crippen molar-refractivity contribution in [3.05, 3.63) is 45.7 Å². The molecule has 2 fully saturated rings. The fraction of sp³-hybridized carbons (Fsp3) is 0.500. The topological polar surface area (TPSA) is 165 Å². The number of phenols is 1. The van der Waals surface area contributed by atoms with Crippen LogP contribution in [0.1, 0.15) is 36.0 Å². The van der Waals surface area contributed by atoms with Gasteiger partial charge >= 0.3 is 0 Å². The third-order valence-corrected chi connectivity index (χ3v) is 8.19. The minimum Gasteiger partial charge on any atom is -0.508 e. The predicted octanol–water partition coefficient (Wildman–Crippen LogP) is 0.560. The Morgan fingerprint density at radius 1 is 1.17 bits per heavy atom. The number of primary amides is 1. The van der Waals surface area contributed by atoms with Gasteiger partial charge in [-0.3, -0.25) is 24.2 Å². The molecule has 0 aromatic heterocycles. The maximum atomic E-state index is 13.8. The lowest BCUT2D eigenvalue weighted by Gasteiger charge is -2.50. The summed E-state index contributed by atoms with van der Waals surface area (Å²) in [5.74, 6) is -6.35. The van der Waals surface area contributed by atoms with Gasteiger partial charge in [0.25, 0.3) is 5.91 Å². The number of nitrogens with zero attached hydrogens (tertiary/aromatic N) is 2. The lowest BCUT2D eigenvalue weighted by molar-refractivity contribution is -0.153. The molecule has 10 heteroatoms. The number of aliphatic hydroxyl groups excluding tert-OH is 2. The quantitative estimate of drug-likeness (QED) is 0.374. The SMILES string of the molecule is CN(C)[C@@H]1C(=O)C(C(N)=O)=C(O)[C@@]2(O)C(=O)C3=C(O)c4c(O)cc(CN5CCCC5)cc4C[C@H]3C[C@@H]12. The number of hydrogen-bond donors (Lipinski definition) is 5. The molecule has 36 heavy (non-hydrogen) atoms. The first-order valence-corrected chi connectivity index (χ1v) is 12.2. The van der Waals surface area contributed by atoms with Gasteiger partial charge in [-0.05, 0) is 76.0 Å². The Bertz CT molecular complexity index is 1240. The predicted molar refractivity (Wildman–Crippen MR) is 129 cm³/mol. The fourth-order valence-electron chi connectivity index (χ4n) is 6.63. The second kappa shape index (κ2) is 8.43. The van der Waals surface area contributed by atoms with Crippen LogP contribution in [0.2, 0.25) is 0 Å². The Labute approximate surface area is 208 Å². The number of rotatable bonds is 4. The Hall–Kier alpha value is -3.21. The third kappa shape index (κ3) is 3.39. The normalized spacial score (nSPS) is 30.5. The summed E-state index contributed by atoms with van der Waals surface area (Å²) < 4.78 is 0. The summed E-state index contributed by atoms with van der Waals surface area (Å²) in [7, 11) is 3.16. The van der Waals surface area contributed by atoms with Crippen molar-refractivity contribution in [2.45, 2.75) is 43.9 Å². The molecule has 1 heterocycles. The summed E-state index contributed by atoms with van der Waals surface area (Å²) in [5, 5.41) is 44.4. The van der Waals surface area contributed by atoms with Crippen molar-refractivity contribution in [3.8, 4) is 5.75 Å². The number of amides is 1. The highest BCUT2D eigenvalue weighted by Gasteiger charge is 2.64. The van der Waals surface area contributed by atoms with Crippen molar-refractivity contribution in [1.82, 2.24) is 9.80 Å². The molecule has 1 aliphatic heterocycles. The van der Waals surface area contributed by atoms with E-state index in [1.807, 2.05) is 6.07 Å². The van der Waals surface area contributed by atoms with Crippen LogP contribution in [0.5, 0.6) is 5.75 Å². The van der Waals surface area contributed by atoms with Crippen LogP contribution in [0.3, 0.4) is 0 Å². The van der Waals surface area contributed by atoms with Crippen molar-refractivity contribution in [2.75, 3.05) is 27.2 Å². The number of likely N-dealkylation sites (N-methyl/N-ethyl adjacent to an activating group) is 1. The number of aliphatic hydroxyl groups is 3. The van der Waals surface area contributed by atoms with E-state index in [4.69, 9.17) is 5.73 Å². The number of likely N-dealkylation sites (tertiary alicyclic amines) is 1. The number of ketones is 2. The van der Waals surface area contributed by atoms with Gasteiger partial charge in [0.05, 0.1) is 11.6 Å². The van der Waals surface area contributed by atoms with Crippen LogP contribution in [0.15, 0.2) is 29.0 Å². The van der Waals surface area contributed by atoms with Gasteiger partial charge in [-0.1, -0.05) is 6.07 Å². The minimum absolute atomic E-state index is 0.0862. The van der Waals surface area contributed by atoms with E-state index in [0.29, 0.717) is 18.5 Å². The Kier molecular flexibility index (Phi) is 5.73. The highest BCUT2D eigenvalue weighted by molar-refractivity contribution is 6.24. The van der Waals surface area contributed by atoms with Crippen LogP contribution in [0.25, 0.3) is 5.76 Å². The van der Waals surface area contributed by atoms with E-state index in [-0.39, 0.29) is 23.3 Å². The van der Waals surface area contributed by atoms with Crippen molar-refractivity contribution < 1.29 is 34.8 Å². The molecule has 192 valence electrons. The molecule has 1 saturated heterocycles. The van der Waals surface area contributed by atoms with E-state index in [0.717, 1.165) is 31.5 Å². The second-order valence-electron chi connectivity index (χ2n) is 10.6. The largest absolute Gasteiger partial charge is 0.508 e. The van der Waals surface area contributed by atoms with Crippen LogP contribution in [0, 0.1) is 11.8 Å². The Morgan fingerprint density at radius 3 is 2.44 bits per heavy atom. The second-order valence-corrected chi connectivity index (χ2v) is 10.6. The molecular weight excluding hydrogens is 466 g/mol. The lowest BCUT2D eigenvalue weighted by atomic mass is 9.57. The molecule has 1 aromatic rings. The monoisotopic (exact) mass is 497 g/mol. The van der Waals surface area contributed by atoms with Gasteiger partial charge in [0.2, 0.25) is 5.78 Å². The van der Waals surface area contributed by atoms with Crippen LogP contribution in [-0.4, -0.2) is 86.5 Å². The molecule has 5 rings (SSSR count). The van der Waals surface area contributed by atoms with Crippen LogP contribution < -0.4 is 5.73 Å². The summed E-state index contributed by atoms with van der Waals surface area (Å²) in [5.41, 5.74) is 3.47. The molecular formula is C26H31N3O7. The maximum absolute atomic E-state index is 13.8. The first-order chi connectivity index (χ1) is 17.0. The molecule has 4 atom stereocenters. The smallest absolute Gasteiger partial charge is 0.255 e. The standard InChI is InChI=1S/C26H31N3O7/c1-28(2)20-15-10-14-9-13-7-12(11-29-5-3-4-6-29)8-16(30)17(13)21(31)18(14)23(33)26(15,36)24(34)19(22(20)32)25(27)35/h7-8,14-15,20,30-31,34,36H,3-6,9-11H2,1-2H3,(H2,27,35)/t14-,15-,20-,26-/m0/s1. The molecule has 0 unspecified atom stereocenters. The first-order valence-electron chi connectivity index (χ1n) is 12.2. The number of carbonyl (C=O) groups is 3. The zero-order chi connectivity index (χ0) is 26.1. The van der Waals surface area contributed by atoms with Gasteiger partial charge in [-0.15, -0.1) is 0 Å². The minimum atomic E-state index is -2.62. The van der Waals surface area contributed by atoms with Crippen molar-refractivity contribution in [3.63, 3.8) is 0 Å². The van der Waals surface area contributed by atoms with E-state index in [1.54, 1.807) is 20.2 Å². The van der Waals surface area contributed by atoms with Gasteiger partial charge < -0.3 is 26.2 Å². The number of phenolic OH excluding ortho intramolecular Hbond substituents is 1. The van der Waals surface area contributed by atoms with Gasteiger partial charge in [-0.2, -0.15) is 0 Å². The molecule has 3 aliphatic carbocycles. The Morgan fingerprint density at radius 2 is 1.83 bits per heavy atom. The summed E-state index contributed by atoms with van der Waals surface area (Å²) in [6.45, 7) is 2.62. The van der Waals surface area contributed by atoms with Crippen LogP contribution in [-0.2, 0) is 27.3 Å². The average Bonchev–Trinajstić information content (AvgIpc) is 3.28. The van der Waals surface area contributed by atoms with Gasteiger partial charge in [0.15, 0.2) is 11.4 Å². The summed E-state index contributed by atoms with van der Waals surface area (Å²) in [6, 6.07) is 2.41. The molecule has 10 nitrogen and oxygen atoms in total. The number of fused-ring (bicyclic) bond motifs is 3. The molecule has 0 radical (unpaired) electrons. The zero-order valence-corrected chi connectivity index (χ0v) is 20.3. The maximum Gasteiger partial charge on any atom is 0.255 e. The summed E-state index contributed by atoms with van der Waals surface area (Å²) in [6.07, 6.45) is 2.64. The number of Topliss-reactive ketones (excluding diaryl/α,β-unsaturated/α-hetero) is 2. The highest BCUT2D eigenvalue weighted by Crippen LogP contribution is 2.52. The van der Waals surface area contributed by atoms with Crippen molar-refractivity contribution >= 4 is 23.2 Å². The molecule has 4 aliphatic rings. The van der Waals surface area contributed by atoms with E-state index >= 15 is 0 Å². The number of aromatic hydroxyl groups is 1. The summed E-state index contributed by atoms with van der Waals surface area (Å²) >= 11 is 0. The fourth-order valence-corrected chi connectivity index (χ4v) is 6.63. The average molecular weight is 498 g/mol. The van der Waals surface area contributed by atoms with E-state index in [2.05, 4.69) is 4.90 Å². The van der Waals surface area contributed by atoms with E-state index < -0.39 is 58.0 Å². The summed E-state index contributed by atoms with van der Waals surface area (Å²) in [4.78, 5) is 42.7. The molecule has 6 N–H and O–H groups in total. The number of benzene rings is 1. The number of carbonyl (C=O) groups excluding carboxylic acids is 3. The third-order valence-electron chi connectivity index (χ3n) is 8.19.